The average Bonchev–Trinajstić information content (AvgIpc) is 3.25. The topological polar surface area (TPSA) is 65.0 Å². The van der Waals surface area contributed by atoms with E-state index in [1.54, 1.807) is 4.90 Å². The van der Waals surface area contributed by atoms with E-state index in [0.29, 0.717) is 25.6 Å². The summed E-state index contributed by atoms with van der Waals surface area (Å²) in [5.41, 5.74) is 1.25. The van der Waals surface area contributed by atoms with Gasteiger partial charge in [-0.25, -0.2) is 4.79 Å². The third-order valence-electron chi connectivity index (χ3n) is 6.31. The van der Waals surface area contributed by atoms with Gasteiger partial charge in [0.1, 0.15) is 11.4 Å². The van der Waals surface area contributed by atoms with Crippen molar-refractivity contribution in [2.45, 2.75) is 39.2 Å². The smallest absolute Gasteiger partial charge is 0.321 e. The number of carbonyl (C=O) groups excluding carboxylic acids is 2. The van der Waals surface area contributed by atoms with E-state index in [1.165, 1.54) is 0 Å². The zero-order valence-corrected chi connectivity index (χ0v) is 15.7. The standard InChI is InChI=1S/C20H26N4O2/c1-4-24-14(3)22-20(18(24)25)10-9-15-11-23(12-16(15)20)19(26)21-17-8-6-5-7-13(17)2/h5-8,15-16H,4,9-12H2,1-3H3,(H,21,26)/t15-,16+,20-/m0/s1. The second-order valence-corrected chi connectivity index (χ2v) is 7.69. The van der Waals surface area contributed by atoms with Gasteiger partial charge in [0.25, 0.3) is 5.91 Å². The molecule has 0 aromatic heterocycles. The Morgan fingerprint density at radius 2 is 2.08 bits per heavy atom. The molecule has 1 aliphatic carbocycles. The fourth-order valence-corrected chi connectivity index (χ4v) is 4.92. The van der Waals surface area contributed by atoms with Crippen LogP contribution in [0.1, 0.15) is 32.3 Å². The number of nitrogens with zero attached hydrogens (tertiary/aromatic N) is 3. The summed E-state index contributed by atoms with van der Waals surface area (Å²) < 4.78 is 0. The number of fused-ring (bicyclic) bond motifs is 2. The lowest BCUT2D eigenvalue weighted by atomic mass is 9.85. The van der Waals surface area contributed by atoms with Gasteiger partial charge in [-0.15, -0.1) is 0 Å². The highest BCUT2D eigenvalue weighted by Crippen LogP contribution is 2.50. The molecule has 2 heterocycles. The van der Waals surface area contributed by atoms with E-state index in [1.807, 2.05) is 49.9 Å². The van der Waals surface area contributed by atoms with Crippen molar-refractivity contribution in [3.63, 3.8) is 0 Å². The number of amides is 3. The molecule has 3 amide bonds. The number of amidine groups is 1. The highest BCUT2D eigenvalue weighted by molar-refractivity contribution is 6.07. The molecule has 2 fully saturated rings. The lowest BCUT2D eigenvalue weighted by molar-refractivity contribution is -0.132. The lowest BCUT2D eigenvalue weighted by Gasteiger charge is -2.28. The monoisotopic (exact) mass is 354 g/mol. The highest BCUT2D eigenvalue weighted by Gasteiger charge is 2.60. The molecule has 1 saturated heterocycles. The van der Waals surface area contributed by atoms with Crippen molar-refractivity contribution < 1.29 is 9.59 Å². The van der Waals surface area contributed by atoms with Crippen LogP contribution in [0.4, 0.5) is 10.5 Å². The number of nitrogens with one attached hydrogen (secondary N) is 1. The van der Waals surface area contributed by atoms with Crippen molar-refractivity contribution in [2.24, 2.45) is 16.8 Å². The molecule has 1 saturated carbocycles. The number of carbonyl (C=O) groups is 2. The number of para-hydroxylation sites is 1. The van der Waals surface area contributed by atoms with Crippen molar-refractivity contribution in [2.75, 3.05) is 25.0 Å². The number of hydrogen-bond acceptors (Lipinski definition) is 3. The number of likely N-dealkylation sites (N-methyl/N-ethyl adjacent to an activating group) is 1. The van der Waals surface area contributed by atoms with Crippen molar-refractivity contribution in [3.05, 3.63) is 29.8 Å². The van der Waals surface area contributed by atoms with Gasteiger partial charge in [-0.2, -0.15) is 0 Å². The van der Waals surface area contributed by atoms with E-state index in [0.717, 1.165) is 29.9 Å². The molecule has 1 N–H and O–H groups in total. The predicted molar refractivity (Wildman–Crippen MR) is 101 cm³/mol. The summed E-state index contributed by atoms with van der Waals surface area (Å²) >= 11 is 0. The van der Waals surface area contributed by atoms with Gasteiger partial charge >= 0.3 is 6.03 Å². The zero-order valence-electron chi connectivity index (χ0n) is 15.7. The Bertz CT molecular complexity index is 790. The number of urea groups is 1. The van der Waals surface area contributed by atoms with E-state index in [9.17, 15) is 9.59 Å². The Morgan fingerprint density at radius 1 is 1.31 bits per heavy atom. The maximum atomic E-state index is 13.0. The van der Waals surface area contributed by atoms with Crippen LogP contribution >= 0.6 is 0 Å². The first-order valence-corrected chi connectivity index (χ1v) is 9.46. The van der Waals surface area contributed by atoms with Crippen LogP contribution < -0.4 is 5.32 Å². The molecule has 4 rings (SSSR count). The van der Waals surface area contributed by atoms with E-state index >= 15 is 0 Å². The van der Waals surface area contributed by atoms with Crippen LogP contribution in [0.15, 0.2) is 29.3 Å². The number of likely N-dealkylation sites (tertiary alicyclic amines) is 1. The first kappa shape index (κ1) is 17.1. The number of anilines is 1. The summed E-state index contributed by atoms with van der Waals surface area (Å²) in [6.45, 7) is 7.85. The van der Waals surface area contributed by atoms with Crippen molar-refractivity contribution in [1.29, 1.82) is 0 Å². The third kappa shape index (κ3) is 2.42. The summed E-state index contributed by atoms with van der Waals surface area (Å²) in [5.74, 6) is 1.44. The van der Waals surface area contributed by atoms with Crippen LogP contribution in [0.3, 0.4) is 0 Å². The van der Waals surface area contributed by atoms with E-state index < -0.39 is 5.54 Å². The molecule has 0 bridgehead atoms. The minimum atomic E-state index is -0.636. The Morgan fingerprint density at radius 3 is 2.77 bits per heavy atom. The van der Waals surface area contributed by atoms with Gasteiger partial charge in [-0.3, -0.25) is 14.7 Å². The van der Waals surface area contributed by atoms with Gasteiger partial charge < -0.3 is 10.2 Å². The van der Waals surface area contributed by atoms with E-state index in [2.05, 4.69) is 5.32 Å². The average molecular weight is 354 g/mol. The van der Waals surface area contributed by atoms with Crippen molar-refractivity contribution in [3.8, 4) is 0 Å². The molecular formula is C20H26N4O2. The second-order valence-electron chi connectivity index (χ2n) is 7.69. The SMILES string of the molecule is CCN1C(=O)[C@@]2(CC[C@H]3CN(C(=O)Nc4ccccc4C)C[C@H]32)N=C1C. The molecule has 0 unspecified atom stereocenters. The van der Waals surface area contributed by atoms with Crippen LogP contribution in [0, 0.1) is 18.8 Å². The Labute approximate surface area is 154 Å². The van der Waals surface area contributed by atoms with E-state index in [4.69, 9.17) is 4.99 Å². The number of aryl methyl sites for hydroxylation is 1. The van der Waals surface area contributed by atoms with E-state index in [-0.39, 0.29) is 17.9 Å². The van der Waals surface area contributed by atoms with Crippen molar-refractivity contribution in [1.82, 2.24) is 9.80 Å². The maximum Gasteiger partial charge on any atom is 0.321 e. The Kier molecular flexibility index (Phi) is 4.01. The number of aliphatic imine (C=N–C) groups is 1. The Hall–Kier alpha value is -2.37. The normalized spacial score (nSPS) is 30.1. The van der Waals surface area contributed by atoms with Gasteiger partial charge in [0.2, 0.25) is 0 Å². The molecule has 6 nitrogen and oxygen atoms in total. The minimum absolute atomic E-state index is 0.0812. The van der Waals surface area contributed by atoms with Gasteiger partial charge in [0.05, 0.1) is 0 Å². The largest absolute Gasteiger partial charge is 0.324 e. The zero-order chi connectivity index (χ0) is 18.5. The molecule has 1 aromatic rings. The van der Waals surface area contributed by atoms with Crippen molar-refractivity contribution >= 4 is 23.5 Å². The number of benzene rings is 1. The molecule has 3 aliphatic rings. The summed E-state index contributed by atoms with van der Waals surface area (Å²) in [4.78, 5) is 34.2. The van der Waals surface area contributed by atoms with Gasteiger partial charge in [0, 0.05) is 31.2 Å². The molecule has 2 aliphatic heterocycles. The van der Waals surface area contributed by atoms with Crippen LogP contribution in [0.5, 0.6) is 0 Å². The van der Waals surface area contributed by atoms with Crippen LogP contribution in [0.2, 0.25) is 0 Å². The highest BCUT2D eigenvalue weighted by atomic mass is 16.2. The first-order chi connectivity index (χ1) is 12.5. The van der Waals surface area contributed by atoms with Crippen LogP contribution in [-0.2, 0) is 4.79 Å². The third-order valence-corrected chi connectivity index (χ3v) is 6.31. The maximum absolute atomic E-state index is 13.0. The van der Waals surface area contributed by atoms with Gasteiger partial charge in [-0.05, 0) is 51.2 Å². The summed E-state index contributed by atoms with van der Waals surface area (Å²) in [7, 11) is 0. The fourth-order valence-electron chi connectivity index (χ4n) is 4.92. The quantitative estimate of drug-likeness (QED) is 0.887. The summed E-state index contributed by atoms with van der Waals surface area (Å²) in [5, 5.41) is 3.02. The first-order valence-electron chi connectivity index (χ1n) is 9.46. The predicted octanol–water partition coefficient (Wildman–Crippen LogP) is 2.89. The molecule has 1 aromatic carbocycles. The molecule has 0 radical (unpaired) electrons. The molecule has 26 heavy (non-hydrogen) atoms. The number of hydrogen-bond donors (Lipinski definition) is 1. The summed E-state index contributed by atoms with van der Waals surface area (Å²) in [6.07, 6.45) is 1.77. The molecule has 138 valence electrons. The van der Waals surface area contributed by atoms with Crippen LogP contribution in [0.25, 0.3) is 0 Å². The molecule has 3 atom stereocenters. The molecular weight excluding hydrogens is 328 g/mol. The number of rotatable bonds is 2. The molecule has 1 spiro atoms. The van der Waals surface area contributed by atoms with Crippen LogP contribution in [-0.4, -0.2) is 52.7 Å². The molecule has 6 heteroatoms. The second kappa shape index (κ2) is 6.11. The van der Waals surface area contributed by atoms with Gasteiger partial charge in [-0.1, -0.05) is 18.2 Å². The minimum Gasteiger partial charge on any atom is -0.324 e. The Balaban J connectivity index is 1.51. The lowest BCUT2D eigenvalue weighted by Crippen LogP contribution is -2.47. The van der Waals surface area contributed by atoms with Gasteiger partial charge in [0.15, 0.2) is 0 Å². The summed E-state index contributed by atoms with van der Waals surface area (Å²) in [6, 6.07) is 7.70. The fraction of sp³-hybridized carbons (Fsp3) is 0.550.